The van der Waals surface area contributed by atoms with Crippen molar-refractivity contribution in [3.63, 3.8) is 0 Å². The molecule has 0 aromatic heterocycles. The number of benzene rings is 1. The van der Waals surface area contributed by atoms with Gasteiger partial charge in [-0.2, -0.15) is 0 Å². The Morgan fingerprint density at radius 3 is 2.00 bits per heavy atom. The van der Waals surface area contributed by atoms with Gasteiger partial charge in [0.15, 0.2) is 0 Å². The van der Waals surface area contributed by atoms with Crippen LogP contribution in [0.2, 0.25) is 0 Å². The van der Waals surface area contributed by atoms with E-state index in [1.807, 2.05) is 0 Å². The first kappa shape index (κ1) is 20.1. The first-order valence-electron chi connectivity index (χ1n) is 10.6. The molecule has 0 saturated heterocycles. The number of hydrogen-bond acceptors (Lipinski definition) is 1. The number of para-hydroxylation sites is 1. The molecule has 1 heteroatoms. The second-order valence-corrected chi connectivity index (χ2v) is 8.28. The maximum atomic E-state index is 2.45. The lowest BCUT2D eigenvalue weighted by atomic mass is 9.83. The molecular formula is C24H39N. The van der Waals surface area contributed by atoms with Crippen molar-refractivity contribution in [2.45, 2.75) is 96.9 Å². The fraction of sp³-hybridized carbons (Fsp3) is 0.667. The minimum atomic E-state index is 0.133. The number of anilines is 1. The lowest BCUT2D eigenvalue weighted by Gasteiger charge is -2.43. The summed E-state index contributed by atoms with van der Waals surface area (Å²) in [4.78, 5) is 2.45. The highest BCUT2D eigenvalue weighted by molar-refractivity contribution is 5.75. The zero-order valence-corrected chi connectivity index (χ0v) is 17.1. The summed E-state index contributed by atoms with van der Waals surface area (Å²) in [6.45, 7) is 7.02. The Bertz CT molecular complexity index is 541. The van der Waals surface area contributed by atoms with Crippen molar-refractivity contribution in [2.24, 2.45) is 0 Å². The average molecular weight is 342 g/mol. The van der Waals surface area contributed by atoms with E-state index in [1.165, 1.54) is 81.9 Å². The van der Waals surface area contributed by atoms with Gasteiger partial charge in [-0.1, -0.05) is 89.0 Å². The van der Waals surface area contributed by atoms with Crippen LogP contribution in [-0.2, 0) is 0 Å². The summed E-state index contributed by atoms with van der Waals surface area (Å²) in [6, 6.07) is 8.79. The Kier molecular flexibility index (Phi) is 8.06. The molecule has 0 radical (unpaired) electrons. The van der Waals surface area contributed by atoms with Crippen LogP contribution in [0.1, 0.15) is 97.0 Å². The lowest BCUT2D eigenvalue weighted by Crippen LogP contribution is -2.45. The van der Waals surface area contributed by atoms with Gasteiger partial charge in [0.2, 0.25) is 0 Å². The Hall–Kier alpha value is -1.24. The van der Waals surface area contributed by atoms with Gasteiger partial charge in [0.25, 0.3) is 0 Å². The third kappa shape index (κ3) is 5.62. The van der Waals surface area contributed by atoms with Crippen molar-refractivity contribution in [1.29, 1.82) is 0 Å². The largest absolute Gasteiger partial charge is 0.365 e. The van der Waals surface area contributed by atoms with Gasteiger partial charge < -0.3 is 4.90 Å². The van der Waals surface area contributed by atoms with Crippen molar-refractivity contribution < 1.29 is 0 Å². The number of rotatable bonds is 11. The van der Waals surface area contributed by atoms with Gasteiger partial charge in [-0.3, -0.25) is 0 Å². The van der Waals surface area contributed by atoms with E-state index >= 15 is 0 Å². The van der Waals surface area contributed by atoms with E-state index in [0.717, 1.165) is 0 Å². The molecule has 0 aliphatic carbocycles. The van der Waals surface area contributed by atoms with E-state index in [2.05, 4.69) is 63.1 Å². The number of hydrogen-bond donors (Lipinski definition) is 0. The van der Waals surface area contributed by atoms with Gasteiger partial charge in [0, 0.05) is 12.7 Å². The highest BCUT2D eigenvalue weighted by Gasteiger charge is 2.32. The molecule has 0 amide bonds. The molecule has 1 aliphatic rings. The first-order valence-corrected chi connectivity index (χ1v) is 10.6. The molecule has 1 aromatic carbocycles. The summed E-state index contributed by atoms with van der Waals surface area (Å²) >= 11 is 0. The molecule has 140 valence electrons. The van der Waals surface area contributed by atoms with Crippen molar-refractivity contribution in [1.82, 2.24) is 0 Å². The Labute approximate surface area is 156 Å². The molecule has 0 fully saturated rings. The van der Waals surface area contributed by atoms with Gasteiger partial charge in [-0.25, -0.2) is 0 Å². The van der Waals surface area contributed by atoms with Crippen LogP contribution in [0, 0.1) is 0 Å². The quantitative estimate of drug-likeness (QED) is 0.374. The summed E-state index contributed by atoms with van der Waals surface area (Å²) in [6.07, 6.45) is 17.8. The normalized spacial score (nSPS) is 15.8. The van der Waals surface area contributed by atoms with Crippen molar-refractivity contribution in [2.75, 3.05) is 11.9 Å². The first-order chi connectivity index (χ1) is 12.1. The summed E-state index contributed by atoms with van der Waals surface area (Å²) in [5, 5.41) is 0. The van der Waals surface area contributed by atoms with Crippen LogP contribution in [0.4, 0.5) is 5.69 Å². The molecule has 1 nitrogen and oxygen atoms in total. The monoisotopic (exact) mass is 341 g/mol. The Morgan fingerprint density at radius 2 is 1.36 bits per heavy atom. The van der Waals surface area contributed by atoms with E-state index in [9.17, 15) is 0 Å². The Balaban J connectivity index is 1.71. The van der Waals surface area contributed by atoms with Crippen LogP contribution in [0.15, 0.2) is 29.8 Å². The molecule has 0 bridgehead atoms. The number of fused-ring (bicyclic) bond motifs is 1. The highest BCUT2D eigenvalue weighted by Crippen LogP contribution is 2.39. The van der Waals surface area contributed by atoms with Crippen LogP contribution in [-0.4, -0.2) is 12.6 Å². The van der Waals surface area contributed by atoms with Gasteiger partial charge >= 0.3 is 0 Å². The maximum Gasteiger partial charge on any atom is 0.0557 e. The van der Waals surface area contributed by atoms with Crippen molar-refractivity contribution >= 4 is 11.8 Å². The molecule has 0 saturated carbocycles. The molecule has 2 rings (SSSR count). The third-order valence-corrected chi connectivity index (χ3v) is 6.05. The van der Waals surface area contributed by atoms with E-state index in [-0.39, 0.29) is 5.54 Å². The predicted molar refractivity (Wildman–Crippen MR) is 113 cm³/mol. The molecule has 25 heavy (non-hydrogen) atoms. The van der Waals surface area contributed by atoms with E-state index in [0.29, 0.717) is 0 Å². The molecule has 1 aliphatic heterocycles. The van der Waals surface area contributed by atoms with Gasteiger partial charge in [0.1, 0.15) is 0 Å². The molecule has 1 heterocycles. The molecular weight excluding hydrogens is 302 g/mol. The zero-order valence-electron chi connectivity index (χ0n) is 17.1. The SMILES string of the molecule is CCCCCCCCCCCCC1=Cc2ccccc2N(C)C1(C)C. The second-order valence-electron chi connectivity index (χ2n) is 8.28. The second kappa shape index (κ2) is 10.0. The molecule has 0 unspecified atom stereocenters. The van der Waals surface area contributed by atoms with Crippen LogP contribution < -0.4 is 4.90 Å². The molecule has 0 atom stereocenters. The van der Waals surface area contributed by atoms with Crippen molar-refractivity contribution in [3.05, 3.63) is 35.4 Å². The fourth-order valence-corrected chi connectivity index (χ4v) is 3.98. The summed E-state index contributed by atoms with van der Waals surface area (Å²) in [5.41, 5.74) is 4.46. The maximum absolute atomic E-state index is 2.45. The van der Waals surface area contributed by atoms with E-state index in [1.54, 1.807) is 5.57 Å². The zero-order chi connectivity index (χ0) is 18.1. The minimum absolute atomic E-state index is 0.133. The van der Waals surface area contributed by atoms with Crippen LogP contribution in [0.25, 0.3) is 6.08 Å². The van der Waals surface area contributed by atoms with Crippen LogP contribution in [0.5, 0.6) is 0 Å². The van der Waals surface area contributed by atoms with Crippen LogP contribution >= 0.6 is 0 Å². The minimum Gasteiger partial charge on any atom is -0.365 e. The molecule has 0 N–H and O–H groups in total. The smallest absolute Gasteiger partial charge is 0.0557 e. The Morgan fingerprint density at radius 1 is 0.800 bits per heavy atom. The highest BCUT2D eigenvalue weighted by atomic mass is 15.2. The van der Waals surface area contributed by atoms with E-state index in [4.69, 9.17) is 0 Å². The molecule has 0 spiro atoms. The topological polar surface area (TPSA) is 3.24 Å². The average Bonchev–Trinajstić information content (AvgIpc) is 2.61. The predicted octanol–water partition coefficient (Wildman–Crippen LogP) is 7.61. The number of likely N-dealkylation sites (N-methyl/N-ethyl adjacent to an activating group) is 1. The van der Waals surface area contributed by atoms with Crippen LogP contribution in [0.3, 0.4) is 0 Å². The fourth-order valence-electron chi connectivity index (χ4n) is 3.98. The van der Waals surface area contributed by atoms with Gasteiger partial charge in [-0.05, 0) is 43.9 Å². The third-order valence-electron chi connectivity index (χ3n) is 6.05. The molecule has 1 aromatic rings. The van der Waals surface area contributed by atoms with Crippen molar-refractivity contribution in [3.8, 4) is 0 Å². The van der Waals surface area contributed by atoms with Gasteiger partial charge in [0.05, 0.1) is 5.54 Å². The summed E-state index contributed by atoms with van der Waals surface area (Å²) in [5.74, 6) is 0. The number of unbranched alkanes of at least 4 members (excludes halogenated alkanes) is 9. The standard InChI is InChI=1S/C24H39N/c1-5-6-7-8-9-10-11-12-13-14-18-22-20-21-17-15-16-19-23(21)25(4)24(22,2)3/h15-17,19-20H,5-14,18H2,1-4H3. The van der Waals surface area contributed by atoms with Gasteiger partial charge in [-0.15, -0.1) is 0 Å². The lowest BCUT2D eigenvalue weighted by molar-refractivity contribution is 0.518. The summed E-state index contributed by atoms with van der Waals surface area (Å²) in [7, 11) is 2.24. The summed E-state index contributed by atoms with van der Waals surface area (Å²) < 4.78 is 0. The van der Waals surface area contributed by atoms with E-state index < -0.39 is 0 Å². The number of nitrogens with zero attached hydrogens (tertiary/aromatic N) is 1.